The second-order valence-corrected chi connectivity index (χ2v) is 6.83. The molecule has 5 heteroatoms. The van der Waals surface area contributed by atoms with Crippen molar-refractivity contribution >= 4 is 22.4 Å². The molecule has 0 saturated carbocycles. The Labute approximate surface area is 165 Å². The summed E-state index contributed by atoms with van der Waals surface area (Å²) in [5.74, 6) is 1.13. The Morgan fingerprint density at radius 1 is 0.964 bits per heavy atom. The van der Waals surface area contributed by atoms with Crippen LogP contribution in [0, 0.1) is 0 Å². The van der Waals surface area contributed by atoms with Crippen LogP contribution in [-0.2, 0) is 11.3 Å². The predicted octanol–water partition coefficient (Wildman–Crippen LogP) is 4.32. The Morgan fingerprint density at radius 3 is 2.39 bits per heavy atom. The van der Waals surface area contributed by atoms with Gasteiger partial charge in [-0.1, -0.05) is 36.4 Å². The van der Waals surface area contributed by atoms with Gasteiger partial charge in [-0.25, -0.2) is 0 Å². The molecule has 3 aromatic carbocycles. The van der Waals surface area contributed by atoms with Gasteiger partial charge in [0.05, 0.1) is 20.3 Å². The van der Waals surface area contributed by atoms with Gasteiger partial charge in [0.2, 0.25) is 5.91 Å². The summed E-state index contributed by atoms with van der Waals surface area (Å²) in [5, 5.41) is 5.37. The Balaban J connectivity index is 1.66. The summed E-state index contributed by atoms with van der Waals surface area (Å²) < 4.78 is 10.5. The molecule has 0 aliphatic carbocycles. The van der Waals surface area contributed by atoms with Crippen LogP contribution >= 0.6 is 0 Å². The minimum atomic E-state index is -0.292. The maximum atomic E-state index is 12.7. The minimum Gasteiger partial charge on any atom is -0.493 e. The Hall–Kier alpha value is -3.05. The van der Waals surface area contributed by atoms with Gasteiger partial charge >= 0.3 is 0 Å². The highest BCUT2D eigenvalue weighted by atomic mass is 16.5. The van der Waals surface area contributed by atoms with Gasteiger partial charge in [0.1, 0.15) is 0 Å². The summed E-state index contributed by atoms with van der Waals surface area (Å²) in [6, 6.07) is 19.7. The standard InChI is InChI=1S/C23H26N2O3/c1-16(23(26)24-20-11-12-21(27-3)22(14-20)28-4)25(2)15-17-9-10-18-7-5-6-8-19(18)13-17/h5-14,16H,15H2,1-4H3,(H,24,26). The molecule has 0 saturated heterocycles. The monoisotopic (exact) mass is 378 g/mol. The number of hydrogen-bond donors (Lipinski definition) is 1. The highest BCUT2D eigenvalue weighted by Gasteiger charge is 2.19. The summed E-state index contributed by atoms with van der Waals surface area (Å²) >= 11 is 0. The van der Waals surface area contributed by atoms with Gasteiger partial charge < -0.3 is 14.8 Å². The molecule has 1 amide bonds. The maximum Gasteiger partial charge on any atom is 0.241 e. The highest BCUT2D eigenvalue weighted by molar-refractivity contribution is 5.94. The van der Waals surface area contributed by atoms with Crippen LogP contribution in [0.4, 0.5) is 5.69 Å². The molecule has 146 valence electrons. The molecule has 0 fully saturated rings. The zero-order valence-electron chi connectivity index (χ0n) is 16.7. The van der Waals surface area contributed by atoms with Crippen LogP contribution in [0.3, 0.4) is 0 Å². The van der Waals surface area contributed by atoms with Gasteiger partial charge in [0.25, 0.3) is 0 Å². The predicted molar refractivity (Wildman–Crippen MR) is 113 cm³/mol. The number of benzene rings is 3. The van der Waals surface area contributed by atoms with Crippen molar-refractivity contribution in [2.24, 2.45) is 0 Å². The summed E-state index contributed by atoms with van der Waals surface area (Å²) in [4.78, 5) is 14.7. The molecule has 28 heavy (non-hydrogen) atoms. The van der Waals surface area contributed by atoms with Gasteiger partial charge in [0, 0.05) is 18.3 Å². The van der Waals surface area contributed by atoms with Crippen molar-refractivity contribution < 1.29 is 14.3 Å². The average molecular weight is 378 g/mol. The van der Waals surface area contributed by atoms with Crippen molar-refractivity contribution in [2.75, 3.05) is 26.6 Å². The second-order valence-electron chi connectivity index (χ2n) is 6.83. The van der Waals surface area contributed by atoms with Crippen molar-refractivity contribution in [3.05, 3.63) is 66.2 Å². The van der Waals surface area contributed by atoms with Crippen molar-refractivity contribution in [1.82, 2.24) is 4.90 Å². The lowest BCUT2D eigenvalue weighted by atomic mass is 10.1. The van der Waals surface area contributed by atoms with E-state index in [0.29, 0.717) is 23.7 Å². The number of nitrogens with zero attached hydrogens (tertiary/aromatic N) is 1. The summed E-state index contributed by atoms with van der Waals surface area (Å²) in [6.07, 6.45) is 0. The molecule has 1 atom stereocenters. The average Bonchev–Trinajstić information content (AvgIpc) is 2.72. The van der Waals surface area contributed by atoms with Crippen LogP contribution in [0.15, 0.2) is 60.7 Å². The number of amides is 1. The molecule has 0 radical (unpaired) electrons. The first-order chi connectivity index (χ1) is 13.5. The number of carbonyl (C=O) groups excluding carboxylic acids is 1. The van der Waals surface area contributed by atoms with Gasteiger partial charge in [-0.05, 0) is 48.5 Å². The molecule has 0 spiro atoms. The van der Waals surface area contributed by atoms with Crippen molar-refractivity contribution in [1.29, 1.82) is 0 Å². The zero-order chi connectivity index (χ0) is 20.1. The number of ether oxygens (including phenoxy) is 2. The van der Waals surface area contributed by atoms with Crippen LogP contribution in [0.25, 0.3) is 10.8 Å². The van der Waals surface area contributed by atoms with Crippen molar-refractivity contribution in [3.8, 4) is 11.5 Å². The van der Waals surface area contributed by atoms with E-state index < -0.39 is 0 Å². The van der Waals surface area contributed by atoms with Crippen LogP contribution < -0.4 is 14.8 Å². The molecule has 0 heterocycles. The molecule has 3 rings (SSSR count). The normalized spacial score (nSPS) is 12.0. The number of nitrogens with one attached hydrogen (secondary N) is 1. The third kappa shape index (κ3) is 4.43. The first-order valence-electron chi connectivity index (χ1n) is 9.22. The van der Waals surface area contributed by atoms with E-state index in [1.165, 1.54) is 16.3 Å². The second kappa shape index (κ2) is 8.76. The fourth-order valence-corrected chi connectivity index (χ4v) is 3.12. The molecule has 0 aliphatic heterocycles. The Kier molecular flexibility index (Phi) is 6.16. The van der Waals surface area contributed by atoms with Crippen molar-refractivity contribution in [2.45, 2.75) is 19.5 Å². The van der Waals surface area contributed by atoms with Crippen LogP contribution in [0.2, 0.25) is 0 Å². The fraction of sp³-hybridized carbons (Fsp3) is 0.261. The molecule has 5 nitrogen and oxygen atoms in total. The molecule has 1 N–H and O–H groups in total. The van der Waals surface area contributed by atoms with E-state index in [9.17, 15) is 4.79 Å². The van der Waals surface area contributed by atoms with Gasteiger partial charge in [-0.15, -0.1) is 0 Å². The minimum absolute atomic E-state index is 0.0736. The lowest BCUT2D eigenvalue weighted by Crippen LogP contribution is -2.39. The number of carbonyl (C=O) groups is 1. The van der Waals surface area contributed by atoms with Crippen LogP contribution in [0.5, 0.6) is 11.5 Å². The smallest absolute Gasteiger partial charge is 0.241 e. The maximum absolute atomic E-state index is 12.7. The quantitative estimate of drug-likeness (QED) is 0.665. The Bertz CT molecular complexity index is 971. The lowest BCUT2D eigenvalue weighted by molar-refractivity contribution is -0.120. The third-order valence-electron chi connectivity index (χ3n) is 4.94. The number of fused-ring (bicyclic) bond motifs is 1. The SMILES string of the molecule is COc1ccc(NC(=O)C(C)N(C)Cc2ccc3ccccc3c2)cc1OC. The zero-order valence-corrected chi connectivity index (χ0v) is 16.7. The van der Waals surface area contributed by atoms with Gasteiger partial charge in [0.15, 0.2) is 11.5 Å². The number of likely N-dealkylation sites (N-methyl/N-ethyl adjacent to an activating group) is 1. The third-order valence-corrected chi connectivity index (χ3v) is 4.94. The Morgan fingerprint density at radius 2 is 1.68 bits per heavy atom. The molecule has 0 bridgehead atoms. The molecular weight excluding hydrogens is 352 g/mol. The molecule has 0 aromatic heterocycles. The summed E-state index contributed by atoms with van der Waals surface area (Å²) in [7, 11) is 5.11. The number of anilines is 1. The van der Waals surface area contributed by atoms with E-state index in [-0.39, 0.29) is 11.9 Å². The van der Waals surface area contributed by atoms with E-state index in [4.69, 9.17) is 9.47 Å². The highest BCUT2D eigenvalue weighted by Crippen LogP contribution is 2.29. The van der Waals surface area contributed by atoms with E-state index in [1.54, 1.807) is 32.4 Å². The molecule has 3 aromatic rings. The largest absolute Gasteiger partial charge is 0.493 e. The van der Waals surface area contributed by atoms with Crippen molar-refractivity contribution in [3.63, 3.8) is 0 Å². The molecular formula is C23H26N2O3. The van der Waals surface area contributed by atoms with E-state index >= 15 is 0 Å². The first-order valence-corrected chi connectivity index (χ1v) is 9.22. The lowest BCUT2D eigenvalue weighted by Gasteiger charge is -2.24. The number of hydrogen-bond acceptors (Lipinski definition) is 4. The van der Waals surface area contributed by atoms with Gasteiger partial charge in [-0.2, -0.15) is 0 Å². The first kappa shape index (κ1) is 19.7. The fourth-order valence-electron chi connectivity index (χ4n) is 3.12. The number of methoxy groups -OCH3 is 2. The van der Waals surface area contributed by atoms with E-state index in [0.717, 1.165) is 0 Å². The number of rotatable bonds is 7. The van der Waals surface area contributed by atoms with Crippen LogP contribution in [0.1, 0.15) is 12.5 Å². The van der Waals surface area contributed by atoms with E-state index in [2.05, 4.69) is 35.6 Å². The molecule has 1 unspecified atom stereocenters. The van der Waals surface area contributed by atoms with Crippen LogP contribution in [-0.4, -0.2) is 38.1 Å². The topological polar surface area (TPSA) is 50.8 Å². The van der Waals surface area contributed by atoms with Gasteiger partial charge in [-0.3, -0.25) is 9.69 Å². The molecule has 0 aliphatic rings. The van der Waals surface area contributed by atoms with E-state index in [1.807, 2.05) is 31.0 Å². The summed E-state index contributed by atoms with van der Waals surface area (Å²) in [5.41, 5.74) is 1.85. The summed E-state index contributed by atoms with van der Waals surface area (Å²) in [6.45, 7) is 2.59.